The van der Waals surface area contributed by atoms with Crippen LogP contribution in [0, 0.1) is 0 Å². The topological polar surface area (TPSA) is 94.0 Å². The number of carbonyl (C=O) groups is 2. The normalized spacial score (nSPS) is 10.7. The van der Waals surface area contributed by atoms with E-state index in [0.717, 1.165) is 0 Å². The molecule has 2 aromatic heterocycles. The standard InChI is InChI=1S/C16H14N4O3S/c1-10(21)13-8-24-16(18-13)19-14(22)6-7-20-9-17-12-5-3-2-4-11(12)15(20)23/h2-5,8-9H,6-7H2,1H3,(H,18,19,22). The van der Waals surface area contributed by atoms with E-state index in [2.05, 4.69) is 15.3 Å². The lowest BCUT2D eigenvalue weighted by atomic mass is 10.2. The van der Waals surface area contributed by atoms with Gasteiger partial charge in [0, 0.05) is 25.3 Å². The first-order chi connectivity index (χ1) is 11.5. The first kappa shape index (κ1) is 16.0. The summed E-state index contributed by atoms with van der Waals surface area (Å²) < 4.78 is 1.41. The number of ketones is 1. The Labute approximate surface area is 141 Å². The summed E-state index contributed by atoms with van der Waals surface area (Å²) in [7, 11) is 0. The Morgan fingerprint density at radius 1 is 1.29 bits per heavy atom. The second kappa shape index (κ2) is 6.71. The lowest BCUT2D eigenvalue weighted by molar-refractivity contribution is -0.116. The number of para-hydroxylation sites is 1. The summed E-state index contributed by atoms with van der Waals surface area (Å²) in [6.45, 7) is 1.63. The van der Waals surface area contributed by atoms with E-state index in [1.165, 1.54) is 29.2 Å². The first-order valence-corrected chi connectivity index (χ1v) is 8.13. The van der Waals surface area contributed by atoms with E-state index >= 15 is 0 Å². The zero-order valence-electron chi connectivity index (χ0n) is 12.9. The minimum absolute atomic E-state index is 0.106. The van der Waals surface area contributed by atoms with Gasteiger partial charge >= 0.3 is 0 Å². The van der Waals surface area contributed by atoms with Crippen LogP contribution < -0.4 is 10.9 Å². The molecule has 0 saturated heterocycles. The Balaban J connectivity index is 1.67. The van der Waals surface area contributed by atoms with Crippen LogP contribution in [-0.2, 0) is 11.3 Å². The van der Waals surface area contributed by atoms with E-state index in [0.29, 0.717) is 21.7 Å². The number of nitrogens with one attached hydrogen (secondary N) is 1. The summed E-state index contributed by atoms with van der Waals surface area (Å²) in [5.41, 5.74) is 0.773. The van der Waals surface area contributed by atoms with Crippen LogP contribution in [0.5, 0.6) is 0 Å². The van der Waals surface area contributed by atoms with Crippen molar-refractivity contribution >= 4 is 39.1 Å². The highest BCUT2D eigenvalue weighted by molar-refractivity contribution is 7.14. The highest BCUT2D eigenvalue weighted by Crippen LogP contribution is 2.16. The molecule has 0 saturated carbocycles. The number of benzene rings is 1. The maximum Gasteiger partial charge on any atom is 0.261 e. The Morgan fingerprint density at radius 2 is 2.08 bits per heavy atom. The van der Waals surface area contributed by atoms with Crippen molar-refractivity contribution in [3.05, 3.63) is 52.0 Å². The summed E-state index contributed by atoms with van der Waals surface area (Å²) in [6.07, 6.45) is 1.55. The molecule has 1 amide bonds. The molecule has 2 heterocycles. The van der Waals surface area contributed by atoms with Crippen molar-refractivity contribution in [1.82, 2.24) is 14.5 Å². The van der Waals surface area contributed by atoms with Gasteiger partial charge in [0.1, 0.15) is 5.69 Å². The molecule has 0 aliphatic heterocycles. The SMILES string of the molecule is CC(=O)c1csc(NC(=O)CCn2cnc3ccccc3c2=O)n1. The third kappa shape index (κ3) is 3.38. The van der Waals surface area contributed by atoms with Gasteiger partial charge in [-0.05, 0) is 12.1 Å². The fraction of sp³-hybridized carbons (Fsp3) is 0.188. The molecule has 3 rings (SSSR count). The molecule has 8 heteroatoms. The number of rotatable bonds is 5. The Bertz CT molecular complexity index is 977. The largest absolute Gasteiger partial charge is 0.302 e. The average Bonchev–Trinajstić information content (AvgIpc) is 3.03. The number of thiazole rings is 1. The van der Waals surface area contributed by atoms with Gasteiger partial charge in [-0.15, -0.1) is 11.3 Å². The number of hydrogen-bond donors (Lipinski definition) is 1. The lowest BCUT2D eigenvalue weighted by Gasteiger charge is -2.06. The Hall–Kier alpha value is -2.87. The number of carbonyl (C=O) groups excluding carboxylic acids is 2. The molecule has 0 unspecified atom stereocenters. The van der Waals surface area contributed by atoms with Crippen LogP contribution in [0.2, 0.25) is 0 Å². The third-order valence-corrected chi connectivity index (χ3v) is 4.18. The molecule has 122 valence electrons. The minimum atomic E-state index is -0.278. The van der Waals surface area contributed by atoms with Crippen LogP contribution in [-0.4, -0.2) is 26.2 Å². The Morgan fingerprint density at radius 3 is 2.83 bits per heavy atom. The van der Waals surface area contributed by atoms with E-state index in [4.69, 9.17) is 0 Å². The molecule has 1 N–H and O–H groups in total. The summed E-state index contributed by atoms with van der Waals surface area (Å²) in [5.74, 6) is -0.431. The molecule has 0 fully saturated rings. The van der Waals surface area contributed by atoms with Crippen molar-refractivity contribution in [3.8, 4) is 0 Å². The highest BCUT2D eigenvalue weighted by atomic mass is 32.1. The molecule has 0 aliphatic rings. The number of Topliss-reactive ketones (excluding diaryl/α,β-unsaturated/α-hetero) is 1. The van der Waals surface area contributed by atoms with Gasteiger partial charge in [0.05, 0.1) is 17.2 Å². The van der Waals surface area contributed by atoms with Crippen molar-refractivity contribution in [1.29, 1.82) is 0 Å². The van der Waals surface area contributed by atoms with E-state index in [1.807, 2.05) is 6.07 Å². The molecular formula is C16H14N4O3S. The second-order valence-electron chi connectivity index (χ2n) is 5.15. The van der Waals surface area contributed by atoms with E-state index in [9.17, 15) is 14.4 Å². The molecular weight excluding hydrogens is 328 g/mol. The minimum Gasteiger partial charge on any atom is -0.302 e. The zero-order valence-corrected chi connectivity index (χ0v) is 13.7. The molecule has 1 aromatic carbocycles. The molecule has 0 atom stereocenters. The van der Waals surface area contributed by atoms with Gasteiger partial charge in [-0.3, -0.25) is 19.0 Å². The fourth-order valence-electron chi connectivity index (χ4n) is 2.16. The maximum atomic E-state index is 12.3. The number of amides is 1. The smallest absolute Gasteiger partial charge is 0.261 e. The van der Waals surface area contributed by atoms with Crippen LogP contribution in [0.1, 0.15) is 23.8 Å². The maximum absolute atomic E-state index is 12.3. The number of anilines is 1. The molecule has 24 heavy (non-hydrogen) atoms. The fourth-order valence-corrected chi connectivity index (χ4v) is 2.93. The average molecular weight is 342 g/mol. The molecule has 0 spiro atoms. The van der Waals surface area contributed by atoms with Crippen LogP contribution >= 0.6 is 11.3 Å². The highest BCUT2D eigenvalue weighted by Gasteiger charge is 2.10. The second-order valence-corrected chi connectivity index (χ2v) is 6.01. The number of aryl methyl sites for hydroxylation is 1. The summed E-state index contributed by atoms with van der Waals surface area (Å²) >= 11 is 1.19. The quantitative estimate of drug-likeness (QED) is 0.717. The molecule has 7 nitrogen and oxygen atoms in total. The van der Waals surface area contributed by atoms with Crippen molar-refractivity contribution in [2.45, 2.75) is 19.9 Å². The molecule has 3 aromatic rings. The first-order valence-electron chi connectivity index (χ1n) is 7.25. The number of hydrogen-bond acceptors (Lipinski definition) is 6. The van der Waals surface area contributed by atoms with E-state index in [-0.39, 0.29) is 30.2 Å². The van der Waals surface area contributed by atoms with Crippen molar-refractivity contribution in [3.63, 3.8) is 0 Å². The van der Waals surface area contributed by atoms with Crippen LogP contribution in [0.4, 0.5) is 5.13 Å². The van der Waals surface area contributed by atoms with Gasteiger partial charge < -0.3 is 5.32 Å². The number of aromatic nitrogens is 3. The monoisotopic (exact) mass is 342 g/mol. The number of nitrogens with zero attached hydrogens (tertiary/aromatic N) is 3. The van der Waals surface area contributed by atoms with E-state index < -0.39 is 0 Å². The van der Waals surface area contributed by atoms with Crippen LogP contribution in [0.25, 0.3) is 10.9 Å². The molecule has 0 radical (unpaired) electrons. The zero-order chi connectivity index (χ0) is 17.1. The molecule has 0 bridgehead atoms. The van der Waals surface area contributed by atoms with Crippen molar-refractivity contribution < 1.29 is 9.59 Å². The van der Waals surface area contributed by atoms with E-state index in [1.54, 1.807) is 23.6 Å². The van der Waals surface area contributed by atoms with Gasteiger partial charge in [0.2, 0.25) is 5.91 Å². The number of fused-ring (bicyclic) bond motifs is 1. The van der Waals surface area contributed by atoms with Crippen LogP contribution in [0.3, 0.4) is 0 Å². The van der Waals surface area contributed by atoms with Gasteiger partial charge in [0.25, 0.3) is 5.56 Å². The van der Waals surface area contributed by atoms with Crippen molar-refractivity contribution in [2.24, 2.45) is 0 Å². The predicted octanol–water partition coefficient (Wildman–Crippen LogP) is 2.08. The van der Waals surface area contributed by atoms with Crippen LogP contribution in [0.15, 0.2) is 40.8 Å². The molecule has 0 aliphatic carbocycles. The van der Waals surface area contributed by atoms with Gasteiger partial charge in [-0.2, -0.15) is 0 Å². The van der Waals surface area contributed by atoms with Gasteiger partial charge in [0.15, 0.2) is 10.9 Å². The summed E-state index contributed by atoms with van der Waals surface area (Å²) in [4.78, 5) is 43.7. The summed E-state index contributed by atoms with van der Waals surface area (Å²) in [5, 5.41) is 5.11. The lowest BCUT2D eigenvalue weighted by Crippen LogP contribution is -2.23. The van der Waals surface area contributed by atoms with Gasteiger partial charge in [-0.1, -0.05) is 12.1 Å². The third-order valence-electron chi connectivity index (χ3n) is 3.42. The Kier molecular flexibility index (Phi) is 4.48. The van der Waals surface area contributed by atoms with Crippen molar-refractivity contribution in [2.75, 3.05) is 5.32 Å². The summed E-state index contributed by atoms with van der Waals surface area (Å²) in [6, 6.07) is 7.07. The van der Waals surface area contributed by atoms with Gasteiger partial charge in [-0.25, -0.2) is 9.97 Å². The predicted molar refractivity (Wildman–Crippen MR) is 91.4 cm³/mol.